The summed E-state index contributed by atoms with van der Waals surface area (Å²) in [6, 6.07) is 4.51. The Morgan fingerprint density at radius 3 is 2.77 bits per heavy atom. The van der Waals surface area contributed by atoms with E-state index in [0.29, 0.717) is 41.8 Å². The number of ether oxygens (including phenoxy) is 1. The van der Waals surface area contributed by atoms with Gasteiger partial charge in [-0.25, -0.2) is 4.79 Å². The molecule has 0 radical (unpaired) electrons. The highest BCUT2D eigenvalue weighted by atomic mass is 16.6. The van der Waals surface area contributed by atoms with E-state index < -0.39 is 5.60 Å². The van der Waals surface area contributed by atoms with Gasteiger partial charge in [-0.05, 0) is 52.3 Å². The first kappa shape index (κ1) is 18.1. The number of phenols is 1. The second-order valence-corrected chi connectivity index (χ2v) is 7.60. The Morgan fingerprint density at radius 1 is 1.35 bits per heavy atom. The van der Waals surface area contributed by atoms with Crippen LogP contribution < -0.4 is 5.32 Å². The van der Waals surface area contributed by atoms with Crippen molar-refractivity contribution in [3.63, 3.8) is 0 Å². The molecule has 26 heavy (non-hydrogen) atoms. The average Bonchev–Trinajstić information content (AvgIpc) is 3.09. The quantitative estimate of drug-likeness (QED) is 0.858. The third-order valence-electron chi connectivity index (χ3n) is 4.25. The number of aryl methyl sites for hydroxylation is 1. The molecule has 1 aromatic carbocycles. The summed E-state index contributed by atoms with van der Waals surface area (Å²) in [6.45, 7) is 8.12. The van der Waals surface area contributed by atoms with Crippen LogP contribution in [0.2, 0.25) is 0 Å². The standard InChI is InChI=1S/C19H24N2O5/c1-11-16(14-9-13(22)5-6-15(14)25-11)17(23)20-12-7-8-21(10-12)18(24)26-19(2,3)4/h5-6,9,12,22H,7-8,10H2,1-4H3,(H,20,23)/t12-/m0/s1. The van der Waals surface area contributed by atoms with Gasteiger partial charge in [0.25, 0.3) is 5.91 Å². The summed E-state index contributed by atoms with van der Waals surface area (Å²) >= 11 is 0. The third kappa shape index (κ3) is 3.76. The van der Waals surface area contributed by atoms with Gasteiger partial charge in [-0.3, -0.25) is 4.79 Å². The van der Waals surface area contributed by atoms with Crippen LogP contribution in [0, 0.1) is 6.92 Å². The maximum atomic E-state index is 12.7. The first-order chi connectivity index (χ1) is 12.1. The normalized spacial score (nSPS) is 17.5. The average molecular weight is 360 g/mol. The van der Waals surface area contributed by atoms with Crippen LogP contribution in [0.25, 0.3) is 11.0 Å². The minimum atomic E-state index is -0.548. The lowest BCUT2D eigenvalue weighted by molar-refractivity contribution is 0.0290. The lowest BCUT2D eigenvalue weighted by Crippen LogP contribution is -2.40. The van der Waals surface area contributed by atoms with Crippen LogP contribution in [-0.2, 0) is 4.74 Å². The summed E-state index contributed by atoms with van der Waals surface area (Å²) in [5.74, 6) is 0.289. The lowest BCUT2D eigenvalue weighted by Gasteiger charge is -2.24. The van der Waals surface area contributed by atoms with E-state index in [9.17, 15) is 14.7 Å². The van der Waals surface area contributed by atoms with Gasteiger partial charge in [-0.2, -0.15) is 0 Å². The van der Waals surface area contributed by atoms with Gasteiger partial charge in [0.15, 0.2) is 0 Å². The van der Waals surface area contributed by atoms with Crippen molar-refractivity contribution in [1.82, 2.24) is 10.2 Å². The zero-order valence-electron chi connectivity index (χ0n) is 15.5. The Bertz CT molecular complexity index is 849. The smallest absolute Gasteiger partial charge is 0.410 e. The molecule has 1 fully saturated rings. The van der Waals surface area contributed by atoms with E-state index in [4.69, 9.17) is 9.15 Å². The van der Waals surface area contributed by atoms with E-state index in [2.05, 4.69) is 5.32 Å². The zero-order valence-corrected chi connectivity index (χ0v) is 15.5. The van der Waals surface area contributed by atoms with E-state index in [0.717, 1.165) is 0 Å². The van der Waals surface area contributed by atoms with Gasteiger partial charge < -0.3 is 24.5 Å². The van der Waals surface area contributed by atoms with E-state index >= 15 is 0 Å². The predicted molar refractivity (Wildman–Crippen MR) is 96.3 cm³/mol. The maximum absolute atomic E-state index is 12.7. The second kappa shape index (κ2) is 6.55. The molecule has 2 N–H and O–H groups in total. The minimum absolute atomic E-state index is 0.0734. The molecule has 0 aliphatic carbocycles. The third-order valence-corrected chi connectivity index (χ3v) is 4.25. The molecule has 0 spiro atoms. The number of fused-ring (bicyclic) bond motifs is 1. The molecule has 1 aliphatic heterocycles. The molecule has 0 saturated carbocycles. The van der Waals surface area contributed by atoms with Crippen molar-refractivity contribution in [2.45, 2.75) is 45.8 Å². The fourth-order valence-electron chi connectivity index (χ4n) is 3.12. The van der Waals surface area contributed by atoms with Crippen molar-refractivity contribution in [3.8, 4) is 5.75 Å². The summed E-state index contributed by atoms with van der Waals surface area (Å²) in [5, 5.41) is 13.2. The van der Waals surface area contributed by atoms with Crippen molar-refractivity contribution in [2.75, 3.05) is 13.1 Å². The second-order valence-electron chi connectivity index (χ2n) is 7.60. The van der Waals surface area contributed by atoms with Crippen molar-refractivity contribution in [2.24, 2.45) is 0 Å². The summed E-state index contributed by atoms with van der Waals surface area (Å²) in [4.78, 5) is 26.5. The lowest BCUT2D eigenvalue weighted by atomic mass is 10.1. The van der Waals surface area contributed by atoms with Gasteiger partial charge in [0.1, 0.15) is 22.7 Å². The molecular weight excluding hydrogens is 336 g/mol. The van der Waals surface area contributed by atoms with Gasteiger partial charge >= 0.3 is 6.09 Å². The van der Waals surface area contributed by atoms with Gasteiger partial charge in [0.2, 0.25) is 0 Å². The van der Waals surface area contributed by atoms with Crippen molar-refractivity contribution < 1.29 is 23.8 Å². The van der Waals surface area contributed by atoms with Gasteiger partial charge in [-0.1, -0.05) is 0 Å². The van der Waals surface area contributed by atoms with E-state index in [1.807, 2.05) is 20.8 Å². The van der Waals surface area contributed by atoms with Crippen LogP contribution in [0.1, 0.15) is 43.3 Å². The number of carbonyl (C=O) groups is 2. The first-order valence-electron chi connectivity index (χ1n) is 8.65. The SMILES string of the molecule is Cc1oc2ccc(O)cc2c1C(=O)N[C@H]1CCN(C(=O)OC(C)(C)C)C1. The molecule has 2 amide bonds. The van der Waals surface area contributed by atoms with Crippen molar-refractivity contribution >= 4 is 23.0 Å². The molecule has 1 atom stereocenters. The topological polar surface area (TPSA) is 92.0 Å². The predicted octanol–water partition coefficient (Wildman–Crippen LogP) is 3.19. The highest BCUT2D eigenvalue weighted by Gasteiger charge is 2.31. The molecular formula is C19H24N2O5. The molecule has 2 aromatic rings. The number of likely N-dealkylation sites (tertiary alicyclic amines) is 1. The Morgan fingerprint density at radius 2 is 2.08 bits per heavy atom. The van der Waals surface area contributed by atoms with Crippen LogP contribution >= 0.6 is 0 Å². The molecule has 1 aliphatic rings. The number of furan rings is 1. The summed E-state index contributed by atoms with van der Waals surface area (Å²) in [7, 11) is 0. The van der Waals surface area contributed by atoms with Crippen LogP contribution in [0.15, 0.2) is 22.6 Å². The number of nitrogens with one attached hydrogen (secondary N) is 1. The molecule has 1 saturated heterocycles. The number of carbonyl (C=O) groups excluding carboxylic acids is 2. The fraction of sp³-hybridized carbons (Fsp3) is 0.474. The first-order valence-corrected chi connectivity index (χ1v) is 8.65. The number of amides is 2. The number of rotatable bonds is 2. The minimum Gasteiger partial charge on any atom is -0.508 e. The Hall–Kier alpha value is -2.70. The number of hydrogen-bond acceptors (Lipinski definition) is 5. The Labute approximate surface area is 151 Å². The highest BCUT2D eigenvalue weighted by Crippen LogP contribution is 2.29. The summed E-state index contributed by atoms with van der Waals surface area (Å²) in [5.41, 5.74) is 0.409. The molecule has 7 nitrogen and oxygen atoms in total. The number of hydrogen-bond donors (Lipinski definition) is 2. The van der Waals surface area contributed by atoms with Crippen LogP contribution in [0.5, 0.6) is 5.75 Å². The molecule has 0 bridgehead atoms. The van der Waals surface area contributed by atoms with Crippen LogP contribution in [0.3, 0.4) is 0 Å². The van der Waals surface area contributed by atoms with Gasteiger partial charge in [0.05, 0.1) is 5.56 Å². The largest absolute Gasteiger partial charge is 0.508 e. The Kier molecular flexibility index (Phi) is 4.56. The maximum Gasteiger partial charge on any atom is 0.410 e. The van der Waals surface area contributed by atoms with Crippen molar-refractivity contribution in [3.05, 3.63) is 29.5 Å². The molecule has 3 rings (SSSR count). The van der Waals surface area contributed by atoms with Gasteiger partial charge in [0, 0.05) is 24.5 Å². The van der Waals surface area contributed by atoms with Gasteiger partial charge in [-0.15, -0.1) is 0 Å². The zero-order chi connectivity index (χ0) is 19.1. The van der Waals surface area contributed by atoms with Crippen molar-refractivity contribution in [1.29, 1.82) is 0 Å². The summed E-state index contributed by atoms with van der Waals surface area (Å²) < 4.78 is 11.0. The Balaban J connectivity index is 1.69. The number of benzene rings is 1. The van der Waals surface area contributed by atoms with Crippen LogP contribution in [0.4, 0.5) is 4.79 Å². The molecule has 2 heterocycles. The van der Waals surface area contributed by atoms with Crippen LogP contribution in [-0.4, -0.2) is 46.7 Å². The van der Waals surface area contributed by atoms with E-state index in [1.54, 1.807) is 17.9 Å². The molecule has 140 valence electrons. The van der Waals surface area contributed by atoms with E-state index in [-0.39, 0.29) is 23.8 Å². The molecule has 1 aromatic heterocycles. The monoisotopic (exact) mass is 360 g/mol. The fourth-order valence-corrected chi connectivity index (χ4v) is 3.12. The number of nitrogens with zero attached hydrogens (tertiary/aromatic N) is 1. The number of phenolic OH excluding ortho intramolecular Hbond substituents is 1. The number of aromatic hydroxyl groups is 1. The van der Waals surface area contributed by atoms with E-state index in [1.165, 1.54) is 12.1 Å². The summed E-state index contributed by atoms with van der Waals surface area (Å²) in [6.07, 6.45) is 0.287. The highest BCUT2D eigenvalue weighted by molar-refractivity contribution is 6.07. The molecule has 7 heteroatoms. The molecule has 0 unspecified atom stereocenters.